The molecule has 1 atom stereocenters. The van der Waals surface area contributed by atoms with E-state index < -0.39 is 0 Å². The second kappa shape index (κ2) is 11.9. The highest BCUT2D eigenvalue weighted by atomic mass is 16.7. The molecule has 0 radical (unpaired) electrons. The molecule has 0 saturated heterocycles. The van der Waals surface area contributed by atoms with E-state index in [1.165, 1.54) is 24.8 Å². The molecule has 0 amide bonds. The Morgan fingerprint density at radius 3 is 2.25 bits per heavy atom. The Morgan fingerprint density at radius 2 is 1.57 bits per heavy atom. The number of carbonyl (C=O) groups excluding carboxylic acids is 2. The lowest BCUT2D eigenvalue weighted by Gasteiger charge is -2.20. The minimum atomic E-state index is -0.381. The van der Waals surface area contributed by atoms with Gasteiger partial charge in [-0.15, -0.1) is 0 Å². The Kier molecular flexibility index (Phi) is 9.52. The van der Waals surface area contributed by atoms with Gasteiger partial charge in [-0.05, 0) is 49.3 Å². The van der Waals surface area contributed by atoms with Gasteiger partial charge in [0.1, 0.15) is 11.6 Å². The second-order valence-corrected chi connectivity index (χ2v) is 7.86. The van der Waals surface area contributed by atoms with E-state index >= 15 is 0 Å². The molecule has 0 spiro atoms. The van der Waals surface area contributed by atoms with E-state index in [0.29, 0.717) is 25.6 Å². The number of hydrogen-bond acceptors (Lipinski definition) is 4. The van der Waals surface area contributed by atoms with Crippen LogP contribution in [-0.2, 0) is 16.0 Å². The third-order valence-corrected chi connectivity index (χ3v) is 5.82. The number of ether oxygens (including phenoxy) is 2. The van der Waals surface area contributed by atoms with E-state index in [1.807, 2.05) is 19.9 Å². The highest BCUT2D eigenvalue weighted by Gasteiger charge is 2.24. The van der Waals surface area contributed by atoms with E-state index in [0.717, 1.165) is 43.6 Å². The van der Waals surface area contributed by atoms with E-state index in [1.54, 1.807) is 0 Å². The Balaban J connectivity index is 1.86. The number of fused-ring (bicyclic) bond motifs is 1. The van der Waals surface area contributed by atoms with Crippen LogP contribution in [0.2, 0.25) is 0 Å². The number of carbonyl (C=O) groups is 2. The number of Topliss-reactive ketones (excluding diaryl/α,β-unsaturated/α-hetero) is 2. The fraction of sp³-hybridized carbons (Fsp3) is 0.667. The number of aryl methyl sites for hydroxylation is 1. The molecule has 1 aliphatic heterocycles. The summed E-state index contributed by atoms with van der Waals surface area (Å²) in [5.41, 5.74) is 1.28. The van der Waals surface area contributed by atoms with Gasteiger partial charge in [0.2, 0.25) is 6.79 Å². The lowest BCUT2D eigenvalue weighted by Crippen LogP contribution is -2.24. The summed E-state index contributed by atoms with van der Waals surface area (Å²) < 4.78 is 10.8. The number of rotatable bonds is 14. The number of benzene rings is 1. The lowest BCUT2D eigenvalue weighted by atomic mass is 9.84. The predicted octanol–water partition coefficient (Wildman–Crippen LogP) is 5.90. The fourth-order valence-electron chi connectivity index (χ4n) is 4.01. The van der Waals surface area contributed by atoms with Crippen molar-refractivity contribution in [2.75, 3.05) is 6.79 Å². The average molecular weight is 389 g/mol. The predicted molar refractivity (Wildman–Crippen MR) is 112 cm³/mol. The topological polar surface area (TPSA) is 52.6 Å². The molecule has 28 heavy (non-hydrogen) atoms. The SMILES string of the molecule is CCCCC(CCCc1ccc2c(c1)OCO2)CCC(C(=O)CC)C(=O)CC. The molecule has 0 aromatic heterocycles. The minimum absolute atomic E-state index is 0.112. The first-order chi connectivity index (χ1) is 13.6. The first-order valence-corrected chi connectivity index (χ1v) is 11.0. The third-order valence-electron chi connectivity index (χ3n) is 5.82. The zero-order chi connectivity index (χ0) is 20.4. The zero-order valence-electron chi connectivity index (χ0n) is 17.8. The Hall–Kier alpha value is -1.84. The smallest absolute Gasteiger partial charge is 0.231 e. The van der Waals surface area contributed by atoms with Crippen LogP contribution in [0.5, 0.6) is 11.5 Å². The van der Waals surface area contributed by atoms with Crippen LogP contribution < -0.4 is 9.47 Å². The van der Waals surface area contributed by atoms with Gasteiger partial charge >= 0.3 is 0 Å². The van der Waals surface area contributed by atoms with Crippen LogP contribution in [0.3, 0.4) is 0 Å². The van der Waals surface area contributed by atoms with Crippen molar-refractivity contribution in [3.05, 3.63) is 23.8 Å². The highest BCUT2D eigenvalue weighted by Crippen LogP contribution is 2.33. The van der Waals surface area contributed by atoms with Crippen molar-refractivity contribution < 1.29 is 19.1 Å². The largest absolute Gasteiger partial charge is 0.454 e. The maximum Gasteiger partial charge on any atom is 0.231 e. The molecule has 0 bridgehead atoms. The van der Waals surface area contributed by atoms with Crippen molar-refractivity contribution in [3.63, 3.8) is 0 Å². The molecule has 1 aromatic rings. The molecule has 0 fully saturated rings. The van der Waals surface area contributed by atoms with Crippen LogP contribution in [0.15, 0.2) is 18.2 Å². The van der Waals surface area contributed by atoms with E-state index in [-0.39, 0.29) is 17.5 Å². The quantitative estimate of drug-likeness (QED) is 0.372. The molecule has 0 saturated carbocycles. The van der Waals surface area contributed by atoms with Gasteiger partial charge in [0.25, 0.3) is 0 Å². The van der Waals surface area contributed by atoms with E-state index in [4.69, 9.17) is 9.47 Å². The van der Waals surface area contributed by atoms with Crippen molar-refractivity contribution in [1.29, 1.82) is 0 Å². The van der Waals surface area contributed by atoms with Crippen LogP contribution in [-0.4, -0.2) is 18.4 Å². The summed E-state index contributed by atoms with van der Waals surface area (Å²) in [5, 5.41) is 0. The van der Waals surface area contributed by atoms with Gasteiger partial charge in [-0.25, -0.2) is 0 Å². The zero-order valence-corrected chi connectivity index (χ0v) is 17.8. The molecule has 156 valence electrons. The Labute approximate surface area is 170 Å². The van der Waals surface area contributed by atoms with Crippen LogP contribution in [0, 0.1) is 11.8 Å². The average Bonchev–Trinajstić information content (AvgIpc) is 3.18. The molecular weight excluding hydrogens is 352 g/mol. The van der Waals surface area contributed by atoms with Gasteiger partial charge in [-0.2, -0.15) is 0 Å². The molecule has 4 heteroatoms. The highest BCUT2D eigenvalue weighted by molar-refractivity contribution is 6.02. The number of ketones is 2. The molecule has 0 N–H and O–H groups in total. The second-order valence-electron chi connectivity index (χ2n) is 7.86. The van der Waals surface area contributed by atoms with Crippen molar-refractivity contribution in [3.8, 4) is 11.5 Å². The summed E-state index contributed by atoms with van der Waals surface area (Å²) in [6, 6.07) is 6.19. The molecule has 1 heterocycles. The van der Waals surface area contributed by atoms with Crippen LogP contribution in [0.25, 0.3) is 0 Å². The third kappa shape index (κ3) is 6.65. The molecule has 2 rings (SSSR count). The molecule has 1 unspecified atom stereocenters. The monoisotopic (exact) mass is 388 g/mol. The molecule has 4 nitrogen and oxygen atoms in total. The van der Waals surface area contributed by atoms with Gasteiger partial charge < -0.3 is 9.47 Å². The maximum absolute atomic E-state index is 12.2. The summed E-state index contributed by atoms with van der Waals surface area (Å²) >= 11 is 0. The normalized spacial score (nSPS) is 13.7. The van der Waals surface area contributed by atoms with Crippen LogP contribution >= 0.6 is 0 Å². The van der Waals surface area contributed by atoms with E-state index in [9.17, 15) is 9.59 Å². The first-order valence-electron chi connectivity index (χ1n) is 11.0. The van der Waals surface area contributed by atoms with Crippen LogP contribution in [0.4, 0.5) is 0 Å². The summed E-state index contributed by atoms with van der Waals surface area (Å²) in [6.07, 6.45) is 9.47. The summed E-state index contributed by atoms with van der Waals surface area (Å²) in [5.74, 6) is 2.11. The standard InChI is InChI=1S/C24H36O4/c1-4-7-9-18(12-14-20(21(25)5-2)22(26)6-3)10-8-11-19-13-15-23-24(16-19)28-17-27-23/h13,15-16,18,20H,4-12,14,17H2,1-3H3. The van der Waals surface area contributed by atoms with Gasteiger partial charge in [0, 0.05) is 12.8 Å². The van der Waals surface area contributed by atoms with Crippen molar-refractivity contribution in [2.45, 2.75) is 85.0 Å². The maximum atomic E-state index is 12.2. The lowest BCUT2D eigenvalue weighted by molar-refractivity contribution is -0.132. The van der Waals surface area contributed by atoms with Gasteiger partial charge in [-0.3, -0.25) is 9.59 Å². The van der Waals surface area contributed by atoms with Gasteiger partial charge in [0.15, 0.2) is 11.5 Å². The summed E-state index contributed by atoms with van der Waals surface area (Å²) in [4.78, 5) is 24.4. The van der Waals surface area contributed by atoms with Gasteiger partial charge in [-0.1, -0.05) is 52.5 Å². The van der Waals surface area contributed by atoms with Crippen molar-refractivity contribution in [1.82, 2.24) is 0 Å². The summed E-state index contributed by atoms with van der Waals surface area (Å²) in [6.45, 7) is 6.25. The molecule has 1 aliphatic rings. The Morgan fingerprint density at radius 1 is 0.893 bits per heavy atom. The molecule has 1 aromatic carbocycles. The van der Waals surface area contributed by atoms with Crippen molar-refractivity contribution in [2.24, 2.45) is 11.8 Å². The molecule has 0 aliphatic carbocycles. The number of hydrogen-bond donors (Lipinski definition) is 0. The van der Waals surface area contributed by atoms with Gasteiger partial charge in [0.05, 0.1) is 5.92 Å². The van der Waals surface area contributed by atoms with E-state index in [2.05, 4.69) is 19.1 Å². The Bertz CT molecular complexity index is 621. The minimum Gasteiger partial charge on any atom is -0.454 e. The van der Waals surface area contributed by atoms with Crippen molar-refractivity contribution >= 4 is 11.6 Å². The summed E-state index contributed by atoms with van der Waals surface area (Å²) in [7, 11) is 0. The fourth-order valence-corrected chi connectivity index (χ4v) is 4.01. The number of unbranched alkanes of at least 4 members (excludes halogenated alkanes) is 1. The van der Waals surface area contributed by atoms with Crippen LogP contribution in [0.1, 0.15) is 84.1 Å². The molecular formula is C24H36O4. The first kappa shape index (κ1) is 22.4.